The quantitative estimate of drug-likeness (QED) is 0.820. The van der Waals surface area contributed by atoms with Gasteiger partial charge in [0.15, 0.2) is 5.78 Å². The van der Waals surface area contributed by atoms with E-state index in [2.05, 4.69) is 4.90 Å². The zero-order valence-corrected chi connectivity index (χ0v) is 11.3. The van der Waals surface area contributed by atoms with E-state index < -0.39 is 0 Å². The maximum Gasteiger partial charge on any atom is 0.176 e. The number of hydrogen-bond acceptors (Lipinski definition) is 4. The van der Waals surface area contributed by atoms with Crippen LogP contribution in [0.1, 0.15) is 23.2 Å². The maximum absolute atomic E-state index is 12.2. The summed E-state index contributed by atoms with van der Waals surface area (Å²) in [5.41, 5.74) is 0.698. The van der Waals surface area contributed by atoms with E-state index in [1.165, 1.54) is 0 Å². The molecule has 1 heterocycles. The molecular weight excluding hydrogens is 242 g/mol. The van der Waals surface area contributed by atoms with Crippen LogP contribution >= 0.6 is 0 Å². The average Bonchev–Trinajstić information content (AvgIpc) is 2.48. The Morgan fingerprint density at radius 2 is 2.16 bits per heavy atom. The van der Waals surface area contributed by atoms with E-state index >= 15 is 0 Å². The lowest BCUT2D eigenvalue weighted by Gasteiger charge is -2.30. The molecule has 4 nitrogen and oxygen atoms in total. The van der Waals surface area contributed by atoms with Crippen molar-refractivity contribution in [3.63, 3.8) is 0 Å². The number of ketones is 1. The first-order chi connectivity index (χ1) is 9.22. The van der Waals surface area contributed by atoms with Crippen LogP contribution in [0.25, 0.3) is 0 Å². The number of aliphatic hydroxyl groups is 1. The molecule has 19 heavy (non-hydrogen) atoms. The van der Waals surface area contributed by atoms with Crippen LogP contribution in [0.2, 0.25) is 0 Å². The summed E-state index contributed by atoms with van der Waals surface area (Å²) in [5.74, 6) is 1.24. The zero-order valence-electron chi connectivity index (χ0n) is 11.3. The minimum absolute atomic E-state index is 0.126. The van der Waals surface area contributed by atoms with Crippen molar-refractivity contribution in [1.82, 2.24) is 4.90 Å². The molecule has 0 spiro atoms. The largest absolute Gasteiger partial charge is 0.497 e. The number of nitrogens with zero attached hydrogens (tertiary/aromatic N) is 1. The molecule has 0 aromatic heterocycles. The van der Waals surface area contributed by atoms with Crippen LogP contribution < -0.4 is 4.74 Å². The summed E-state index contributed by atoms with van der Waals surface area (Å²) < 4.78 is 5.13. The molecule has 0 radical (unpaired) electrons. The number of aliphatic hydroxyl groups excluding tert-OH is 1. The van der Waals surface area contributed by atoms with Crippen molar-refractivity contribution in [2.24, 2.45) is 5.92 Å². The number of carbonyl (C=O) groups is 1. The minimum Gasteiger partial charge on any atom is -0.497 e. The molecule has 0 amide bonds. The third-order valence-electron chi connectivity index (χ3n) is 3.72. The first-order valence-corrected chi connectivity index (χ1v) is 6.73. The third kappa shape index (κ3) is 3.78. The van der Waals surface area contributed by atoms with Gasteiger partial charge >= 0.3 is 0 Å². The number of methoxy groups -OCH3 is 1. The van der Waals surface area contributed by atoms with Crippen LogP contribution in [-0.4, -0.2) is 49.1 Å². The standard InChI is InChI=1S/C15H21NO3/c1-19-14-4-2-3-13(9-14)15(18)10-16-7-5-12(11-17)6-8-16/h2-4,9,12,17H,5-8,10-11H2,1H3. The van der Waals surface area contributed by atoms with E-state index in [0.717, 1.165) is 25.9 Å². The van der Waals surface area contributed by atoms with Gasteiger partial charge in [0, 0.05) is 12.2 Å². The van der Waals surface area contributed by atoms with Crippen LogP contribution in [0.4, 0.5) is 0 Å². The number of benzene rings is 1. The lowest BCUT2D eigenvalue weighted by Crippen LogP contribution is -2.38. The fourth-order valence-corrected chi connectivity index (χ4v) is 2.42. The van der Waals surface area contributed by atoms with Gasteiger partial charge in [-0.1, -0.05) is 12.1 Å². The van der Waals surface area contributed by atoms with Crippen LogP contribution in [0.15, 0.2) is 24.3 Å². The highest BCUT2D eigenvalue weighted by Gasteiger charge is 2.20. The first-order valence-electron chi connectivity index (χ1n) is 6.73. The topological polar surface area (TPSA) is 49.8 Å². The van der Waals surface area contributed by atoms with Crippen LogP contribution in [-0.2, 0) is 0 Å². The van der Waals surface area contributed by atoms with Crippen LogP contribution in [0.5, 0.6) is 5.75 Å². The third-order valence-corrected chi connectivity index (χ3v) is 3.72. The van der Waals surface area contributed by atoms with Crippen molar-refractivity contribution >= 4 is 5.78 Å². The number of carbonyl (C=O) groups excluding carboxylic acids is 1. The van der Waals surface area contributed by atoms with E-state index in [-0.39, 0.29) is 12.4 Å². The summed E-state index contributed by atoms with van der Waals surface area (Å²) in [6, 6.07) is 7.28. The molecule has 0 aliphatic carbocycles. The molecule has 0 atom stereocenters. The second-order valence-corrected chi connectivity index (χ2v) is 5.06. The zero-order chi connectivity index (χ0) is 13.7. The molecule has 1 saturated heterocycles. The number of likely N-dealkylation sites (tertiary alicyclic amines) is 1. The number of rotatable bonds is 5. The van der Waals surface area contributed by atoms with E-state index in [1.807, 2.05) is 18.2 Å². The Bertz CT molecular complexity index is 425. The van der Waals surface area contributed by atoms with Crippen molar-refractivity contribution in [2.45, 2.75) is 12.8 Å². The van der Waals surface area contributed by atoms with Crippen molar-refractivity contribution in [2.75, 3.05) is 33.4 Å². The summed E-state index contributed by atoms with van der Waals surface area (Å²) in [6.07, 6.45) is 1.95. The van der Waals surface area contributed by atoms with Crippen LogP contribution in [0, 0.1) is 5.92 Å². The van der Waals surface area contributed by atoms with Gasteiger partial charge in [-0.05, 0) is 44.0 Å². The van der Waals surface area contributed by atoms with Crippen molar-refractivity contribution in [3.05, 3.63) is 29.8 Å². The Morgan fingerprint density at radius 1 is 1.42 bits per heavy atom. The molecule has 0 saturated carbocycles. The normalized spacial score (nSPS) is 17.4. The molecule has 1 N–H and O–H groups in total. The molecule has 0 bridgehead atoms. The number of hydrogen-bond donors (Lipinski definition) is 1. The Kier molecular flexibility index (Phi) is 4.93. The Morgan fingerprint density at radius 3 is 2.79 bits per heavy atom. The molecular formula is C15H21NO3. The van der Waals surface area contributed by atoms with Gasteiger partial charge in [-0.25, -0.2) is 0 Å². The van der Waals surface area contributed by atoms with Gasteiger partial charge in [-0.3, -0.25) is 9.69 Å². The van der Waals surface area contributed by atoms with Crippen LogP contribution in [0.3, 0.4) is 0 Å². The lowest BCUT2D eigenvalue weighted by atomic mass is 9.97. The lowest BCUT2D eigenvalue weighted by molar-refractivity contribution is 0.0864. The van der Waals surface area contributed by atoms with E-state index in [4.69, 9.17) is 9.84 Å². The van der Waals surface area contributed by atoms with Crippen molar-refractivity contribution in [1.29, 1.82) is 0 Å². The predicted octanol–water partition coefficient (Wildman–Crippen LogP) is 1.58. The van der Waals surface area contributed by atoms with Gasteiger partial charge in [0.25, 0.3) is 0 Å². The molecule has 1 aliphatic heterocycles. The highest BCUT2D eigenvalue weighted by Crippen LogP contribution is 2.18. The van der Waals surface area contributed by atoms with Gasteiger partial charge in [0.1, 0.15) is 5.75 Å². The molecule has 0 unspecified atom stereocenters. The molecule has 1 aromatic carbocycles. The summed E-state index contributed by atoms with van der Waals surface area (Å²) in [4.78, 5) is 14.3. The van der Waals surface area contributed by atoms with Gasteiger partial charge in [-0.2, -0.15) is 0 Å². The van der Waals surface area contributed by atoms with Gasteiger partial charge in [0.05, 0.1) is 13.7 Å². The van der Waals surface area contributed by atoms with E-state index in [1.54, 1.807) is 13.2 Å². The fourth-order valence-electron chi connectivity index (χ4n) is 2.42. The molecule has 2 rings (SSSR count). The van der Waals surface area contributed by atoms with Gasteiger partial charge < -0.3 is 9.84 Å². The molecule has 104 valence electrons. The fraction of sp³-hybridized carbons (Fsp3) is 0.533. The predicted molar refractivity (Wildman–Crippen MR) is 73.6 cm³/mol. The highest BCUT2D eigenvalue weighted by molar-refractivity contribution is 5.97. The highest BCUT2D eigenvalue weighted by atomic mass is 16.5. The summed E-state index contributed by atoms with van der Waals surface area (Å²) >= 11 is 0. The molecule has 1 fully saturated rings. The minimum atomic E-state index is 0.126. The van der Waals surface area contributed by atoms with Crippen molar-refractivity contribution in [3.8, 4) is 5.75 Å². The summed E-state index contributed by atoms with van der Waals surface area (Å²) in [7, 11) is 1.60. The Hall–Kier alpha value is -1.39. The monoisotopic (exact) mass is 263 g/mol. The summed E-state index contributed by atoms with van der Waals surface area (Å²) in [6.45, 7) is 2.49. The molecule has 1 aliphatic rings. The van der Waals surface area contributed by atoms with Gasteiger partial charge in [0.2, 0.25) is 0 Å². The van der Waals surface area contributed by atoms with E-state index in [0.29, 0.717) is 23.8 Å². The molecule has 4 heteroatoms. The number of piperidine rings is 1. The number of ether oxygens (including phenoxy) is 1. The SMILES string of the molecule is COc1cccc(C(=O)CN2CCC(CO)CC2)c1. The Labute approximate surface area is 114 Å². The smallest absolute Gasteiger partial charge is 0.176 e. The first kappa shape index (κ1) is 14.0. The van der Waals surface area contributed by atoms with E-state index in [9.17, 15) is 4.79 Å². The second kappa shape index (κ2) is 6.68. The van der Waals surface area contributed by atoms with Crippen molar-refractivity contribution < 1.29 is 14.6 Å². The molecule has 1 aromatic rings. The Balaban J connectivity index is 1.90. The van der Waals surface area contributed by atoms with Gasteiger partial charge in [-0.15, -0.1) is 0 Å². The number of Topliss-reactive ketones (excluding diaryl/α,β-unsaturated/α-hetero) is 1. The second-order valence-electron chi connectivity index (χ2n) is 5.06. The summed E-state index contributed by atoms with van der Waals surface area (Å²) in [5, 5.41) is 9.10. The average molecular weight is 263 g/mol. The maximum atomic E-state index is 12.2.